The van der Waals surface area contributed by atoms with Gasteiger partial charge in [0, 0.05) is 5.56 Å². The number of ether oxygens (including phenoxy) is 1. The number of halogens is 1. The van der Waals surface area contributed by atoms with E-state index < -0.39 is 0 Å². The Morgan fingerprint density at radius 2 is 2.27 bits per heavy atom. The molecule has 0 N–H and O–H groups in total. The van der Waals surface area contributed by atoms with Gasteiger partial charge in [-0.15, -0.1) is 11.6 Å². The van der Waals surface area contributed by atoms with Crippen molar-refractivity contribution < 1.29 is 4.74 Å². The molecular formula is C13H15ClO. The Hall–Kier alpha value is -1.13. The molecule has 1 nitrogen and oxygen atoms in total. The molecule has 0 aliphatic heterocycles. The lowest BCUT2D eigenvalue weighted by Crippen LogP contribution is -1.96. The summed E-state index contributed by atoms with van der Waals surface area (Å²) in [5.41, 5.74) is 0.949. The van der Waals surface area contributed by atoms with Crippen LogP contribution in [0.4, 0.5) is 0 Å². The van der Waals surface area contributed by atoms with Crippen molar-refractivity contribution in [1.29, 1.82) is 0 Å². The summed E-state index contributed by atoms with van der Waals surface area (Å²) >= 11 is 5.49. The average molecular weight is 223 g/mol. The van der Waals surface area contributed by atoms with Crippen LogP contribution in [0, 0.1) is 11.8 Å². The molecule has 0 heterocycles. The second kappa shape index (κ2) is 7.20. The van der Waals surface area contributed by atoms with Crippen LogP contribution in [0.1, 0.15) is 25.3 Å². The lowest BCUT2D eigenvalue weighted by molar-refractivity contribution is 0.309. The van der Waals surface area contributed by atoms with Crippen molar-refractivity contribution in [3.05, 3.63) is 29.8 Å². The number of alkyl halides is 1. The number of hydrogen-bond acceptors (Lipinski definition) is 1. The molecule has 1 aromatic rings. The highest BCUT2D eigenvalue weighted by atomic mass is 35.5. The molecule has 0 atom stereocenters. The van der Waals surface area contributed by atoms with Gasteiger partial charge in [-0.1, -0.05) is 31.3 Å². The molecule has 0 unspecified atom stereocenters. The maximum absolute atomic E-state index is 5.57. The zero-order chi connectivity index (χ0) is 10.9. The predicted molar refractivity (Wildman–Crippen MR) is 64.4 cm³/mol. The molecule has 1 aromatic carbocycles. The van der Waals surface area contributed by atoms with E-state index >= 15 is 0 Å². The van der Waals surface area contributed by atoms with Crippen LogP contribution in [0.3, 0.4) is 0 Å². The molecule has 0 bridgehead atoms. The van der Waals surface area contributed by atoms with E-state index in [1.807, 2.05) is 24.3 Å². The van der Waals surface area contributed by atoms with Crippen LogP contribution in [0.5, 0.6) is 5.75 Å². The van der Waals surface area contributed by atoms with Gasteiger partial charge in [0.25, 0.3) is 0 Å². The van der Waals surface area contributed by atoms with Crippen LogP contribution in [0.2, 0.25) is 0 Å². The predicted octanol–water partition coefficient (Wildman–Crippen LogP) is 3.46. The molecule has 0 radical (unpaired) electrons. The van der Waals surface area contributed by atoms with Crippen molar-refractivity contribution >= 4 is 11.6 Å². The monoisotopic (exact) mass is 222 g/mol. The van der Waals surface area contributed by atoms with Gasteiger partial charge in [-0.2, -0.15) is 0 Å². The zero-order valence-electron chi connectivity index (χ0n) is 8.92. The fraction of sp³-hybridized carbons (Fsp3) is 0.385. The maximum Gasteiger partial charge on any atom is 0.120 e. The van der Waals surface area contributed by atoms with Crippen LogP contribution in [-0.4, -0.2) is 12.5 Å². The molecule has 0 saturated heterocycles. The molecule has 0 saturated carbocycles. The molecule has 0 fully saturated rings. The van der Waals surface area contributed by atoms with Crippen LogP contribution >= 0.6 is 11.6 Å². The Morgan fingerprint density at radius 3 is 3.00 bits per heavy atom. The van der Waals surface area contributed by atoms with Crippen molar-refractivity contribution in [2.24, 2.45) is 0 Å². The van der Waals surface area contributed by atoms with Gasteiger partial charge in [-0.25, -0.2) is 0 Å². The van der Waals surface area contributed by atoms with Crippen molar-refractivity contribution in [3.8, 4) is 17.6 Å². The Balaban J connectivity index is 2.57. The Kier molecular flexibility index (Phi) is 5.73. The second-order valence-electron chi connectivity index (χ2n) is 3.17. The summed E-state index contributed by atoms with van der Waals surface area (Å²) in [6, 6.07) is 7.78. The van der Waals surface area contributed by atoms with Gasteiger partial charge in [0.15, 0.2) is 0 Å². The lowest BCUT2D eigenvalue weighted by Gasteiger charge is -2.04. The van der Waals surface area contributed by atoms with E-state index in [4.69, 9.17) is 16.3 Å². The quantitative estimate of drug-likeness (QED) is 0.431. The number of rotatable bonds is 4. The third-order valence-electron chi connectivity index (χ3n) is 1.90. The first-order chi connectivity index (χ1) is 7.36. The molecule has 80 valence electrons. The van der Waals surface area contributed by atoms with E-state index in [-0.39, 0.29) is 0 Å². The van der Waals surface area contributed by atoms with Gasteiger partial charge >= 0.3 is 0 Å². The smallest absolute Gasteiger partial charge is 0.120 e. The minimum absolute atomic E-state index is 0.362. The molecule has 15 heavy (non-hydrogen) atoms. The molecule has 1 rings (SSSR count). The summed E-state index contributed by atoms with van der Waals surface area (Å²) in [5.74, 6) is 7.02. The molecular weight excluding hydrogens is 208 g/mol. The standard InChI is InChI=1S/C13H15ClO/c1-2-3-10-15-13-8-4-6-12(11-13)7-5-9-14/h4,6,8,11H,2-3,9-10H2,1H3. The number of hydrogen-bond donors (Lipinski definition) is 0. The minimum Gasteiger partial charge on any atom is -0.494 e. The first-order valence-corrected chi connectivity index (χ1v) is 5.68. The highest BCUT2D eigenvalue weighted by molar-refractivity contribution is 6.19. The van der Waals surface area contributed by atoms with E-state index in [0.29, 0.717) is 5.88 Å². The van der Waals surface area contributed by atoms with Crippen LogP contribution in [-0.2, 0) is 0 Å². The topological polar surface area (TPSA) is 9.23 Å². The molecule has 0 spiro atoms. The third kappa shape index (κ3) is 4.76. The van der Waals surface area contributed by atoms with Gasteiger partial charge in [0.2, 0.25) is 0 Å². The summed E-state index contributed by atoms with van der Waals surface area (Å²) in [7, 11) is 0. The highest BCUT2D eigenvalue weighted by Crippen LogP contribution is 2.12. The van der Waals surface area contributed by atoms with E-state index in [1.165, 1.54) is 0 Å². The van der Waals surface area contributed by atoms with E-state index in [9.17, 15) is 0 Å². The summed E-state index contributed by atoms with van der Waals surface area (Å²) in [6.45, 7) is 2.91. The molecule has 0 aliphatic rings. The summed E-state index contributed by atoms with van der Waals surface area (Å²) in [5, 5.41) is 0. The molecule has 0 aliphatic carbocycles. The average Bonchev–Trinajstić information content (AvgIpc) is 2.27. The number of benzene rings is 1. The van der Waals surface area contributed by atoms with E-state index in [0.717, 1.165) is 30.8 Å². The zero-order valence-corrected chi connectivity index (χ0v) is 9.68. The molecule has 0 amide bonds. The Labute approximate surface area is 96.4 Å². The van der Waals surface area contributed by atoms with Crippen LogP contribution < -0.4 is 4.74 Å². The van der Waals surface area contributed by atoms with Gasteiger partial charge in [0.05, 0.1) is 12.5 Å². The fourth-order valence-corrected chi connectivity index (χ4v) is 1.20. The fourth-order valence-electron chi connectivity index (χ4n) is 1.13. The number of unbranched alkanes of at least 4 members (excludes halogenated alkanes) is 1. The maximum atomic E-state index is 5.57. The molecule has 0 aromatic heterocycles. The van der Waals surface area contributed by atoms with Gasteiger partial charge in [-0.05, 0) is 24.6 Å². The van der Waals surface area contributed by atoms with Crippen molar-refractivity contribution in [1.82, 2.24) is 0 Å². The first kappa shape index (κ1) is 11.9. The summed E-state index contributed by atoms with van der Waals surface area (Å²) < 4.78 is 5.57. The van der Waals surface area contributed by atoms with Crippen molar-refractivity contribution in [2.75, 3.05) is 12.5 Å². The van der Waals surface area contributed by atoms with Crippen LogP contribution in [0.15, 0.2) is 24.3 Å². The summed E-state index contributed by atoms with van der Waals surface area (Å²) in [6.07, 6.45) is 2.23. The van der Waals surface area contributed by atoms with Crippen LogP contribution in [0.25, 0.3) is 0 Å². The Bertz CT molecular complexity index is 349. The second-order valence-corrected chi connectivity index (χ2v) is 3.43. The van der Waals surface area contributed by atoms with Gasteiger partial charge < -0.3 is 4.74 Å². The minimum atomic E-state index is 0.362. The SMILES string of the molecule is CCCCOc1cccc(C#CCCl)c1. The normalized spacial score (nSPS) is 9.20. The highest BCUT2D eigenvalue weighted by Gasteiger charge is 1.93. The third-order valence-corrected chi connectivity index (χ3v) is 2.03. The first-order valence-electron chi connectivity index (χ1n) is 5.14. The van der Waals surface area contributed by atoms with Crippen molar-refractivity contribution in [2.45, 2.75) is 19.8 Å². The Morgan fingerprint density at radius 1 is 1.40 bits per heavy atom. The summed E-state index contributed by atoms with van der Waals surface area (Å²) in [4.78, 5) is 0. The van der Waals surface area contributed by atoms with Gasteiger partial charge in [0.1, 0.15) is 5.75 Å². The lowest BCUT2D eigenvalue weighted by atomic mass is 10.2. The van der Waals surface area contributed by atoms with Crippen molar-refractivity contribution in [3.63, 3.8) is 0 Å². The van der Waals surface area contributed by atoms with E-state index in [1.54, 1.807) is 0 Å². The van der Waals surface area contributed by atoms with Gasteiger partial charge in [-0.3, -0.25) is 0 Å². The van der Waals surface area contributed by atoms with E-state index in [2.05, 4.69) is 18.8 Å². The molecule has 2 heteroatoms. The largest absolute Gasteiger partial charge is 0.494 e.